The third kappa shape index (κ3) is 3.82. The summed E-state index contributed by atoms with van der Waals surface area (Å²) < 4.78 is 0. The molecule has 1 aliphatic rings. The van der Waals surface area contributed by atoms with Crippen LogP contribution >= 0.6 is 0 Å². The van der Waals surface area contributed by atoms with Gasteiger partial charge in [-0.05, 0) is 49.7 Å². The molecule has 0 spiro atoms. The summed E-state index contributed by atoms with van der Waals surface area (Å²) in [6.45, 7) is 6.08. The zero-order chi connectivity index (χ0) is 13.7. The van der Waals surface area contributed by atoms with E-state index in [0.29, 0.717) is 18.2 Å². The van der Waals surface area contributed by atoms with Gasteiger partial charge in [0.2, 0.25) is 5.91 Å². The van der Waals surface area contributed by atoms with E-state index < -0.39 is 0 Å². The maximum absolute atomic E-state index is 11.8. The van der Waals surface area contributed by atoms with Crippen molar-refractivity contribution in [1.82, 2.24) is 4.90 Å². The van der Waals surface area contributed by atoms with Crippen LogP contribution in [0, 0.1) is 12.8 Å². The second kappa shape index (κ2) is 6.74. The molecule has 1 heterocycles. The SMILES string of the molecule is CCC(=O)N1CCCC(CCc2ccccc2C)C1. The zero-order valence-corrected chi connectivity index (χ0v) is 12.2. The molecule has 104 valence electrons. The molecule has 0 aromatic heterocycles. The molecular weight excluding hydrogens is 234 g/mol. The van der Waals surface area contributed by atoms with E-state index in [1.54, 1.807) is 0 Å². The molecule has 0 aliphatic carbocycles. The molecule has 2 nitrogen and oxygen atoms in total. The number of benzene rings is 1. The molecule has 2 rings (SSSR count). The van der Waals surface area contributed by atoms with Gasteiger partial charge in [0.05, 0.1) is 0 Å². The van der Waals surface area contributed by atoms with Crippen molar-refractivity contribution in [2.75, 3.05) is 13.1 Å². The Hall–Kier alpha value is -1.31. The Morgan fingerprint density at radius 1 is 1.37 bits per heavy atom. The summed E-state index contributed by atoms with van der Waals surface area (Å²) >= 11 is 0. The van der Waals surface area contributed by atoms with Crippen LogP contribution < -0.4 is 0 Å². The molecular formula is C17H25NO. The van der Waals surface area contributed by atoms with Crippen LogP contribution in [0.25, 0.3) is 0 Å². The maximum Gasteiger partial charge on any atom is 0.222 e. The van der Waals surface area contributed by atoms with Crippen LogP contribution in [-0.4, -0.2) is 23.9 Å². The summed E-state index contributed by atoms with van der Waals surface area (Å²) in [5.74, 6) is 1.00. The van der Waals surface area contributed by atoms with Gasteiger partial charge in [-0.15, -0.1) is 0 Å². The van der Waals surface area contributed by atoms with E-state index >= 15 is 0 Å². The fourth-order valence-electron chi connectivity index (χ4n) is 3.00. The van der Waals surface area contributed by atoms with E-state index in [2.05, 4.69) is 36.1 Å². The van der Waals surface area contributed by atoms with Gasteiger partial charge in [0.1, 0.15) is 0 Å². The van der Waals surface area contributed by atoms with Gasteiger partial charge in [-0.25, -0.2) is 0 Å². The van der Waals surface area contributed by atoms with Crippen LogP contribution in [-0.2, 0) is 11.2 Å². The number of amides is 1. The number of hydrogen-bond donors (Lipinski definition) is 0. The van der Waals surface area contributed by atoms with Crippen LogP contribution in [0.2, 0.25) is 0 Å². The van der Waals surface area contributed by atoms with Gasteiger partial charge in [0, 0.05) is 19.5 Å². The third-order valence-corrected chi connectivity index (χ3v) is 4.26. The van der Waals surface area contributed by atoms with E-state index in [4.69, 9.17) is 0 Å². The second-order valence-corrected chi connectivity index (χ2v) is 5.67. The number of likely N-dealkylation sites (tertiary alicyclic amines) is 1. The van der Waals surface area contributed by atoms with Gasteiger partial charge < -0.3 is 4.90 Å². The topological polar surface area (TPSA) is 20.3 Å². The minimum Gasteiger partial charge on any atom is -0.342 e. The van der Waals surface area contributed by atoms with Crippen molar-refractivity contribution >= 4 is 5.91 Å². The average molecular weight is 259 g/mol. The number of hydrogen-bond acceptors (Lipinski definition) is 1. The van der Waals surface area contributed by atoms with Crippen molar-refractivity contribution in [2.45, 2.75) is 46.0 Å². The molecule has 0 bridgehead atoms. The number of piperidine rings is 1. The molecule has 1 aromatic rings. The Kier molecular flexibility index (Phi) is 5.00. The Morgan fingerprint density at radius 2 is 2.16 bits per heavy atom. The Morgan fingerprint density at radius 3 is 2.89 bits per heavy atom. The first-order valence-electron chi connectivity index (χ1n) is 7.53. The fraction of sp³-hybridized carbons (Fsp3) is 0.588. The molecule has 1 fully saturated rings. The van der Waals surface area contributed by atoms with Gasteiger partial charge >= 0.3 is 0 Å². The average Bonchev–Trinajstić information content (AvgIpc) is 2.46. The lowest BCUT2D eigenvalue weighted by atomic mass is 9.90. The van der Waals surface area contributed by atoms with Crippen molar-refractivity contribution in [3.05, 3.63) is 35.4 Å². The Labute approximate surface area is 116 Å². The lowest BCUT2D eigenvalue weighted by molar-refractivity contribution is -0.132. The molecule has 1 unspecified atom stereocenters. The quantitative estimate of drug-likeness (QED) is 0.809. The summed E-state index contributed by atoms with van der Waals surface area (Å²) in [7, 11) is 0. The normalized spacial score (nSPS) is 19.5. The first kappa shape index (κ1) is 14.1. The van der Waals surface area contributed by atoms with E-state index in [-0.39, 0.29) is 0 Å². The van der Waals surface area contributed by atoms with Crippen LogP contribution in [0.15, 0.2) is 24.3 Å². The van der Waals surface area contributed by atoms with Crippen LogP contribution in [0.4, 0.5) is 0 Å². The fourth-order valence-corrected chi connectivity index (χ4v) is 3.00. The predicted octanol–water partition coefficient (Wildman–Crippen LogP) is 3.58. The standard InChI is InChI=1S/C17H25NO/c1-3-17(19)18-12-6-8-15(13-18)10-11-16-9-5-4-7-14(16)2/h4-5,7,9,15H,3,6,8,10-13H2,1-2H3. The van der Waals surface area contributed by atoms with E-state index in [1.807, 2.05) is 6.92 Å². The first-order valence-corrected chi connectivity index (χ1v) is 7.53. The van der Waals surface area contributed by atoms with Crippen molar-refractivity contribution in [2.24, 2.45) is 5.92 Å². The van der Waals surface area contributed by atoms with Crippen molar-refractivity contribution < 1.29 is 4.79 Å². The maximum atomic E-state index is 11.8. The van der Waals surface area contributed by atoms with E-state index in [0.717, 1.165) is 19.5 Å². The van der Waals surface area contributed by atoms with Gasteiger partial charge in [-0.2, -0.15) is 0 Å². The summed E-state index contributed by atoms with van der Waals surface area (Å²) in [4.78, 5) is 13.8. The summed E-state index contributed by atoms with van der Waals surface area (Å²) in [6, 6.07) is 8.63. The lowest BCUT2D eigenvalue weighted by Gasteiger charge is -2.32. The van der Waals surface area contributed by atoms with Crippen LogP contribution in [0.1, 0.15) is 43.7 Å². The number of carbonyl (C=O) groups is 1. The molecule has 1 aliphatic heterocycles. The smallest absolute Gasteiger partial charge is 0.222 e. The summed E-state index contributed by atoms with van der Waals surface area (Å²) in [5.41, 5.74) is 2.85. The van der Waals surface area contributed by atoms with Gasteiger partial charge in [-0.1, -0.05) is 31.2 Å². The molecule has 0 N–H and O–H groups in total. The number of rotatable bonds is 4. The Bertz CT molecular complexity index is 427. The molecule has 1 aromatic carbocycles. The zero-order valence-electron chi connectivity index (χ0n) is 12.2. The highest BCUT2D eigenvalue weighted by atomic mass is 16.2. The molecule has 0 radical (unpaired) electrons. The van der Waals surface area contributed by atoms with Gasteiger partial charge in [-0.3, -0.25) is 4.79 Å². The van der Waals surface area contributed by atoms with Crippen molar-refractivity contribution in [1.29, 1.82) is 0 Å². The van der Waals surface area contributed by atoms with Crippen LogP contribution in [0.5, 0.6) is 0 Å². The number of carbonyl (C=O) groups excluding carboxylic acids is 1. The molecule has 19 heavy (non-hydrogen) atoms. The van der Waals surface area contributed by atoms with Crippen molar-refractivity contribution in [3.8, 4) is 0 Å². The molecule has 2 heteroatoms. The molecule has 1 atom stereocenters. The highest BCUT2D eigenvalue weighted by molar-refractivity contribution is 5.75. The third-order valence-electron chi connectivity index (χ3n) is 4.26. The number of nitrogens with zero attached hydrogens (tertiary/aromatic N) is 1. The monoisotopic (exact) mass is 259 g/mol. The highest BCUT2D eigenvalue weighted by Gasteiger charge is 2.22. The Balaban J connectivity index is 1.86. The minimum absolute atomic E-state index is 0.320. The molecule has 1 saturated heterocycles. The van der Waals surface area contributed by atoms with Gasteiger partial charge in [0.25, 0.3) is 0 Å². The summed E-state index contributed by atoms with van der Waals surface area (Å²) in [5, 5.41) is 0. The van der Waals surface area contributed by atoms with E-state index in [1.165, 1.54) is 30.4 Å². The molecule has 1 amide bonds. The summed E-state index contributed by atoms with van der Waals surface area (Å²) in [6.07, 6.45) is 5.44. The molecule has 0 saturated carbocycles. The number of aryl methyl sites for hydroxylation is 2. The van der Waals surface area contributed by atoms with Crippen LogP contribution in [0.3, 0.4) is 0 Å². The lowest BCUT2D eigenvalue weighted by Crippen LogP contribution is -2.39. The largest absolute Gasteiger partial charge is 0.342 e. The minimum atomic E-state index is 0.320. The first-order chi connectivity index (χ1) is 9.20. The predicted molar refractivity (Wildman–Crippen MR) is 79.1 cm³/mol. The van der Waals surface area contributed by atoms with Crippen molar-refractivity contribution in [3.63, 3.8) is 0 Å². The highest BCUT2D eigenvalue weighted by Crippen LogP contribution is 2.22. The second-order valence-electron chi connectivity index (χ2n) is 5.67. The van der Waals surface area contributed by atoms with Gasteiger partial charge in [0.15, 0.2) is 0 Å². The van der Waals surface area contributed by atoms with E-state index in [9.17, 15) is 4.79 Å².